The van der Waals surface area contributed by atoms with Gasteiger partial charge in [-0.1, -0.05) is 25.1 Å². The highest BCUT2D eigenvalue weighted by Crippen LogP contribution is 2.22. The molecule has 0 radical (unpaired) electrons. The second-order valence-electron chi connectivity index (χ2n) is 6.81. The van der Waals surface area contributed by atoms with Crippen LogP contribution in [-0.4, -0.2) is 66.6 Å². The Morgan fingerprint density at radius 2 is 2.00 bits per heavy atom. The topological polar surface area (TPSA) is 83.8 Å². The standard InChI is InChI=1S/C21H32N6O2S/c1-6-18-17(20(29-5)27(4)25-18)14-23-21(24-15-19(28)26(2)3)22-12-13-30-16-10-8-7-9-11-16/h7-11H,6,12-15H2,1-5H3,(H2,22,23,24). The van der Waals surface area contributed by atoms with Crippen LogP contribution in [0.15, 0.2) is 40.2 Å². The van der Waals surface area contributed by atoms with E-state index in [4.69, 9.17) is 4.74 Å². The Hall–Kier alpha value is -2.68. The van der Waals surface area contributed by atoms with Crippen molar-refractivity contribution in [3.05, 3.63) is 41.6 Å². The number of methoxy groups -OCH3 is 1. The van der Waals surface area contributed by atoms with Gasteiger partial charge in [0.2, 0.25) is 11.8 Å². The number of guanidine groups is 1. The number of rotatable bonds is 10. The van der Waals surface area contributed by atoms with Gasteiger partial charge in [0.25, 0.3) is 0 Å². The smallest absolute Gasteiger partial charge is 0.241 e. The maximum atomic E-state index is 12.0. The molecule has 2 N–H and O–H groups in total. The molecule has 0 aliphatic heterocycles. The molecule has 0 saturated carbocycles. The average Bonchev–Trinajstić information content (AvgIpc) is 3.07. The summed E-state index contributed by atoms with van der Waals surface area (Å²) in [5, 5.41) is 10.9. The van der Waals surface area contributed by atoms with Crippen LogP contribution in [0.4, 0.5) is 0 Å². The van der Waals surface area contributed by atoms with Gasteiger partial charge in [-0.05, 0) is 18.6 Å². The molecule has 0 spiro atoms. The Bertz CT molecular complexity index is 836. The molecule has 1 amide bonds. The summed E-state index contributed by atoms with van der Waals surface area (Å²) in [6.07, 6.45) is 0.797. The zero-order valence-electron chi connectivity index (χ0n) is 18.4. The van der Waals surface area contributed by atoms with Crippen molar-refractivity contribution in [2.24, 2.45) is 12.0 Å². The third-order valence-electron chi connectivity index (χ3n) is 4.41. The van der Waals surface area contributed by atoms with Crippen molar-refractivity contribution in [2.45, 2.75) is 24.8 Å². The Labute approximate surface area is 183 Å². The van der Waals surface area contributed by atoms with Crippen LogP contribution in [0, 0.1) is 0 Å². The summed E-state index contributed by atoms with van der Waals surface area (Å²) in [5.74, 6) is 2.16. The number of ether oxygens (including phenoxy) is 1. The van der Waals surface area contributed by atoms with Gasteiger partial charge in [0, 0.05) is 38.3 Å². The number of aromatic nitrogens is 2. The van der Waals surface area contributed by atoms with E-state index in [9.17, 15) is 4.79 Å². The average molecular weight is 433 g/mol. The van der Waals surface area contributed by atoms with Gasteiger partial charge >= 0.3 is 0 Å². The molecule has 8 nitrogen and oxygen atoms in total. The number of amides is 1. The molecule has 0 unspecified atom stereocenters. The van der Waals surface area contributed by atoms with Crippen LogP contribution < -0.4 is 15.4 Å². The monoisotopic (exact) mass is 432 g/mol. The lowest BCUT2D eigenvalue weighted by molar-refractivity contribution is -0.127. The second-order valence-corrected chi connectivity index (χ2v) is 7.97. The fourth-order valence-electron chi connectivity index (χ4n) is 2.81. The number of nitrogens with zero attached hydrogens (tertiary/aromatic N) is 4. The highest BCUT2D eigenvalue weighted by molar-refractivity contribution is 7.99. The lowest BCUT2D eigenvalue weighted by Crippen LogP contribution is -2.43. The maximum absolute atomic E-state index is 12.0. The summed E-state index contributed by atoms with van der Waals surface area (Å²) < 4.78 is 7.23. The lowest BCUT2D eigenvalue weighted by Gasteiger charge is -2.15. The molecule has 0 fully saturated rings. The van der Waals surface area contributed by atoms with Gasteiger partial charge in [-0.25, -0.2) is 9.67 Å². The van der Waals surface area contributed by atoms with E-state index in [-0.39, 0.29) is 12.5 Å². The molecule has 30 heavy (non-hydrogen) atoms. The molecule has 0 atom stereocenters. The Balaban J connectivity index is 2.03. The fraction of sp³-hybridized carbons (Fsp3) is 0.476. The van der Waals surface area contributed by atoms with E-state index in [1.807, 2.05) is 25.2 Å². The van der Waals surface area contributed by atoms with E-state index >= 15 is 0 Å². The Morgan fingerprint density at radius 1 is 1.27 bits per heavy atom. The zero-order chi connectivity index (χ0) is 21.9. The number of carbonyl (C=O) groups is 1. The summed E-state index contributed by atoms with van der Waals surface area (Å²) in [6.45, 7) is 3.36. The first kappa shape index (κ1) is 23.6. The summed E-state index contributed by atoms with van der Waals surface area (Å²) in [4.78, 5) is 19.4. The van der Waals surface area contributed by atoms with Crippen molar-refractivity contribution in [1.82, 2.24) is 25.3 Å². The van der Waals surface area contributed by atoms with Crippen LogP contribution in [0.3, 0.4) is 0 Å². The van der Waals surface area contributed by atoms with Crippen LogP contribution in [0.5, 0.6) is 5.88 Å². The third kappa shape index (κ3) is 6.98. The van der Waals surface area contributed by atoms with Crippen LogP contribution in [0.25, 0.3) is 0 Å². The largest absolute Gasteiger partial charge is 0.481 e. The van der Waals surface area contributed by atoms with Gasteiger partial charge in [0.15, 0.2) is 5.96 Å². The molecule has 1 heterocycles. The summed E-state index contributed by atoms with van der Waals surface area (Å²) in [7, 11) is 6.97. The number of hydrogen-bond acceptors (Lipinski definition) is 5. The van der Waals surface area contributed by atoms with Gasteiger partial charge in [-0.15, -0.1) is 11.8 Å². The van der Waals surface area contributed by atoms with E-state index in [1.165, 1.54) is 4.90 Å². The number of hydrogen-bond donors (Lipinski definition) is 2. The molecule has 164 valence electrons. The first-order chi connectivity index (χ1) is 14.5. The lowest BCUT2D eigenvalue weighted by atomic mass is 10.2. The van der Waals surface area contributed by atoms with Gasteiger partial charge in [-0.3, -0.25) is 4.79 Å². The number of carbonyl (C=O) groups excluding carboxylic acids is 1. The quantitative estimate of drug-likeness (QED) is 0.258. The van der Waals surface area contributed by atoms with Crippen LogP contribution >= 0.6 is 11.8 Å². The molecule has 9 heteroatoms. The van der Waals surface area contributed by atoms with E-state index in [1.54, 1.807) is 42.5 Å². The fourth-order valence-corrected chi connectivity index (χ4v) is 3.60. The number of thioether (sulfide) groups is 1. The van der Waals surface area contributed by atoms with Crippen molar-refractivity contribution in [3.8, 4) is 5.88 Å². The highest BCUT2D eigenvalue weighted by Gasteiger charge is 2.15. The summed E-state index contributed by atoms with van der Waals surface area (Å²) in [6, 6.07) is 10.3. The van der Waals surface area contributed by atoms with E-state index in [0.717, 1.165) is 23.4 Å². The molecule has 2 aromatic rings. The van der Waals surface area contributed by atoms with E-state index in [2.05, 4.69) is 39.8 Å². The molecule has 1 aromatic carbocycles. The highest BCUT2D eigenvalue weighted by atomic mass is 32.2. The molecule has 1 aromatic heterocycles. The number of nitrogens with one attached hydrogen (secondary N) is 2. The molecule has 0 saturated heterocycles. The summed E-state index contributed by atoms with van der Waals surface area (Å²) >= 11 is 1.77. The van der Waals surface area contributed by atoms with Crippen molar-refractivity contribution in [2.75, 3.05) is 40.0 Å². The van der Waals surface area contributed by atoms with Crippen LogP contribution in [0.1, 0.15) is 18.2 Å². The molecule has 0 aliphatic rings. The Kier molecular flexibility index (Phi) is 9.53. The number of aryl methyl sites for hydroxylation is 2. The molecular formula is C21H32N6O2S. The van der Waals surface area contributed by atoms with E-state index in [0.29, 0.717) is 24.9 Å². The molecule has 0 bridgehead atoms. The zero-order valence-corrected chi connectivity index (χ0v) is 19.3. The molecule has 2 rings (SSSR count). The first-order valence-electron chi connectivity index (χ1n) is 9.95. The van der Waals surface area contributed by atoms with Gasteiger partial charge in [0.05, 0.1) is 31.5 Å². The van der Waals surface area contributed by atoms with Crippen LogP contribution in [-0.2, 0) is 24.8 Å². The minimum absolute atomic E-state index is 0.0173. The van der Waals surface area contributed by atoms with Gasteiger partial charge < -0.3 is 20.3 Å². The first-order valence-corrected chi connectivity index (χ1v) is 10.9. The molecular weight excluding hydrogens is 400 g/mol. The van der Waals surface area contributed by atoms with Crippen molar-refractivity contribution in [1.29, 1.82) is 0 Å². The van der Waals surface area contributed by atoms with Crippen LogP contribution in [0.2, 0.25) is 0 Å². The molecule has 0 aliphatic carbocycles. The van der Waals surface area contributed by atoms with Crippen molar-refractivity contribution < 1.29 is 9.53 Å². The number of aliphatic imine (C=N–C) groups is 1. The van der Waals surface area contributed by atoms with Crippen molar-refractivity contribution >= 4 is 23.6 Å². The van der Waals surface area contributed by atoms with E-state index < -0.39 is 0 Å². The minimum Gasteiger partial charge on any atom is -0.481 e. The second kappa shape index (κ2) is 12.1. The SMILES string of the molecule is CCc1nn(C)c(OC)c1CN=C(NCCSc1ccccc1)NCC(=O)N(C)C. The Morgan fingerprint density at radius 3 is 2.63 bits per heavy atom. The normalized spacial score (nSPS) is 11.3. The number of benzene rings is 1. The number of likely N-dealkylation sites (N-methyl/N-ethyl adjacent to an activating group) is 1. The maximum Gasteiger partial charge on any atom is 0.241 e. The minimum atomic E-state index is -0.0173. The summed E-state index contributed by atoms with van der Waals surface area (Å²) in [5.41, 5.74) is 1.92. The third-order valence-corrected chi connectivity index (χ3v) is 5.42. The predicted molar refractivity (Wildman–Crippen MR) is 122 cm³/mol. The van der Waals surface area contributed by atoms with Gasteiger partial charge in [0.1, 0.15) is 0 Å². The van der Waals surface area contributed by atoms with Crippen molar-refractivity contribution in [3.63, 3.8) is 0 Å². The predicted octanol–water partition coefficient (Wildman–Crippen LogP) is 1.91. The van der Waals surface area contributed by atoms with Gasteiger partial charge in [-0.2, -0.15) is 5.10 Å².